The first kappa shape index (κ1) is 17.0. The van der Waals surface area contributed by atoms with Crippen molar-refractivity contribution in [3.05, 3.63) is 12.4 Å². The number of hydrogen-bond donors (Lipinski definition) is 3. The topological polar surface area (TPSA) is 102 Å². The normalized spacial score (nSPS) is 12.5. The molecule has 2 amide bonds. The summed E-state index contributed by atoms with van der Waals surface area (Å²) in [5.41, 5.74) is 5.90. The molecule has 0 saturated heterocycles. The molecule has 0 saturated carbocycles. The lowest BCUT2D eigenvalue weighted by Crippen LogP contribution is -2.46. The third kappa shape index (κ3) is 5.86. The molecule has 21 heavy (non-hydrogen) atoms. The zero-order valence-corrected chi connectivity index (χ0v) is 11.8. The van der Waals surface area contributed by atoms with Gasteiger partial charge >= 0.3 is 0 Å². The number of alkyl halides is 2. The molecule has 1 atom stereocenters. The van der Waals surface area contributed by atoms with E-state index in [0.29, 0.717) is 0 Å². The van der Waals surface area contributed by atoms with Crippen LogP contribution in [0.3, 0.4) is 0 Å². The van der Waals surface area contributed by atoms with Gasteiger partial charge in [0.25, 0.3) is 6.43 Å². The molecule has 0 aliphatic heterocycles. The maximum absolute atomic E-state index is 12.1. The Morgan fingerprint density at radius 1 is 1.43 bits per heavy atom. The third-order valence-corrected chi connectivity index (χ3v) is 2.69. The predicted molar refractivity (Wildman–Crippen MR) is 72.7 cm³/mol. The lowest BCUT2D eigenvalue weighted by Gasteiger charge is -2.14. The van der Waals surface area contributed by atoms with Gasteiger partial charge in [-0.3, -0.25) is 14.3 Å². The molecule has 0 bridgehead atoms. The van der Waals surface area contributed by atoms with Gasteiger partial charge in [-0.15, -0.1) is 0 Å². The predicted octanol–water partition coefficient (Wildman–Crippen LogP) is 0.186. The van der Waals surface area contributed by atoms with E-state index in [1.54, 1.807) is 13.8 Å². The first-order chi connectivity index (χ1) is 9.79. The number of carbonyl (C=O) groups excluding carboxylic acids is 2. The lowest BCUT2D eigenvalue weighted by atomic mass is 10.1. The quantitative estimate of drug-likeness (QED) is 0.669. The van der Waals surface area contributed by atoms with Crippen molar-refractivity contribution < 1.29 is 18.4 Å². The monoisotopic (exact) mass is 303 g/mol. The highest BCUT2D eigenvalue weighted by Crippen LogP contribution is 2.06. The molecule has 1 heterocycles. The molecule has 0 aliphatic rings. The van der Waals surface area contributed by atoms with Crippen LogP contribution in [0.5, 0.6) is 0 Å². The Morgan fingerprint density at radius 3 is 2.67 bits per heavy atom. The Kier molecular flexibility index (Phi) is 6.22. The van der Waals surface area contributed by atoms with Gasteiger partial charge in [0.05, 0.1) is 24.5 Å². The molecule has 1 aromatic rings. The molecule has 0 fully saturated rings. The molecule has 0 aliphatic carbocycles. The fourth-order valence-electron chi connectivity index (χ4n) is 1.46. The highest BCUT2D eigenvalue weighted by Gasteiger charge is 2.17. The van der Waals surface area contributed by atoms with Crippen LogP contribution in [-0.4, -0.2) is 40.6 Å². The van der Waals surface area contributed by atoms with E-state index in [-0.39, 0.29) is 18.2 Å². The minimum atomic E-state index is -2.52. The van der Waals surface area contributed by atoms with Crippen molar-refractivity contribution >= 4 is 17.5 Å². The Labute approximate surface area is 120 Å². The van der Waals surface area contributed by atoms with E-state index >= 15 is 0 Å². The van der Waals surface area contributed by atoms with Gasteiger partial charge in [0.1, 0.15) is 6.54 Å². The van der Waals surface area contributed by atoms with Crippen molar-refractivity contribution in [1.29, 1.82) is 0 Å². The molecule has 0 aromatic carbocycles. The maximum atomic E-state index is 12.1. The van der Waals surface area contributed by atoms with E-state index < -0.39 is 30.8 Å². The largest absolute Gasteiger partial charge is 0.346 e. The summed E-state index contributed by atoms with van der Waals surface area (Å²) in [4.78, 5) is 23.1. The summed E-state index contributed by atoms with van der Waals surface area (Å²) in [6, 6.07) is -0.688. The number of halogens is 2. The molecule has 0 unspecified atom stereocenters. The smallest absolute Gasteiger partial charge is 0.257 e. The van der Waals surface area contributed by atoms with Crippen LogP contribution < -0.4 is 16.4 Å². The van der Waals surface area contributed by atoms with Gasteiger partial charge in [-0.1, -0.05) is 13.8 Å². The minimum Gasteiger partial charge on any atom is -0.346 e. The van der Waals surface area contributed by atoms with Crippen molar-refractivity contribution in [2.45, 2.75) is 32.9 Å². The van der Waals surface area contributed by atoms with Crippen LogP contribution in [-0.2, 0) is 16.1 Å². The molecule has 4 N–H and O–H groups in total. The highest BCUT2D eigenvalue weighted by atomic mass is 19.3. The summed E-state index contributed by atoms with van der Waals surface area (Å²) in [6.45, 7) is 2.79. The number of amides is 2. The second kappa shape index (κ2) is 7.67. The third-order valence-electron chi connectivity index (χ3n) is 2.69. The number of carbonyl (C=O) groups is 2. The van der Waals surface area contributed by atoms with Crippen LogP contribution in [0.4, 0.5) is 14.5 Å². The molecule has 7 nitrogen and oxygen atoms in total. The fraction of sp³-hybridized carbons (Fsp3) is 0.583. The van der Waals surface area contributed by atoms with Gasteiger partial charge in [0.15, 0.2) is 0 Å². The molecule has 9 heteroatoms. The van der Waals surface area contributed by atoms with E-state index in [4.69, 9.17) is 5.73 Å². The summed E-state index contributed by atoms with van der Waals surface area (Å²) in [7, 11) is 0. The molecular formula is C12H19F2N5O2. The number of nitrogens with two attached hydrogens (primary N) is 1. The molecule has 0 spiro atoms. The second-order valence-corrected chi connectivity index (χ2v) is 4.88. The van der Waals surface area contributed by atoms with Gasteiger partial charge in [-0.05, 0) is 5.92 Å². The average molecular weight is 303 g/mol. The molecular weight excluding hydrogens is 284 g/mol. The Balaban J connectivity index is 2.40. The summed E-state index contributed by atoms with van der Waals surface area (Å²) in [6.07, 6.45) is 0.0125. The molecule has 118 valence electrons. The van der Waals surface area contributed by atoms with Crippen molar-refractivity contribution in [3.63, 3.8) is 0 Å². The summed E-state index contributed by atoms with van der Waals surface area (Å²) >= 11 is 0. The van der Waals surface area contributed by atoms with Gasteiger partial charge < -0.3 is 16.4 Å². The van der Waals surface area contributed by atoms with Crippen LogP contribution >= 0.6 is 0 Å². The van der Waals surface area contributed by atoms with Crippen LogP contribution in [0, 0.1) is 5.92 Å². The number of hydrogen-bond acceptors (Lipinski definition) is 4. The summed E-state index contributed by atoms with van der Waals surface area (Å²) in [5, 5.41) is 8.51. The number of nitrogens with zero attached hydrogens (tertiary/aromatic N) is 2. The molecule has 1 aromatic heterocycles. The van der Waals surface area contributed by atoms with Gasteiger partial charge in [0, 0.05) is 6.20 Å². The van der Waals surface area contributed by atoms with E-state index in [1.165, 1.54) is 12.4 Å². The minimum absolute atomic E-state index is 0.0411. The Hall–Kier alpha value is -2.03. The number of anilines is 1. The second-order valence-electron chi connectivity index (χ2n) is 4.88. The Bertz CT molecular complexity index is 490. The van der Waals surface area contributed by atoms with E-state index in [2.05, 4.69) is 15.7 Å². The zero-order valence-electron chi connectivity index (χ0n) is 11.8. The molecule has 1 rings (SSSR count). The average Bonchev–Trinajstić information content (AvgIpc) is 2.81. The first-order valence-electron chi connectivity index (χ1n) is 6.43. The van der Waals surface area contributed by atoms with Crippen molar-refractivity contribution in [3.8, 4) is 0 Å². The summed E-state index contributed by atoms with van der Waals surface area (Å²) < 4.78 is 25.3. The fourth-order valence-corrected chi connectivity index (χ4v) is 1.46. The van der Waals surface area contributed by atoms with E-state index in [1.807, 2.05) is 0 Å². The highest BCUT2D eigenvalue weighted by molar-refractivity contribution is 5.95. The van der Waals surface area contributed by atoms with Gasteiger partial charge in [-0.2, -0.15) is 5.10 Å². The van der Waals surface area contributed by atoms with Gasteiger partial charge in [0.2, 0.25) is 11.8 Å². The number of rotatable bonds is 7. The molecule has 0 radical (unpaired) electrons. The Morgan fingerprint density at radius 2 is 2.10 bits per heavy atom. The lowest BCUT2D eigenvalue weighted by molar-refractivity contribution is -0.125. The van der Waals surface area contributed by atoms with E-state index in [0.717, 1.165) is 4.68 Å². The zero-order chi connectivity index (χ0) is 16.0. The van der Waals surface area contributed by atoms with Crippen molar-refractivity contribution in [2.24, 2.45) is 11.7 Å². The van der Waals surface area contributed by atoms with Crippen LogP contribution in [0.1, 0.15) is 13.8 Å². The number of aromatic nitrogens is 2. The van der Waals surface area contributed by atoms with E-state index in [9.17, 15) is 18.4 Å². The summed E-state index contributed by atoms with van der Waals surface area (Å²) in [5.74, 6) is -0.954. The van der Waals surface area contributed by atoms with Gasteiger partial charge in [-0.25, -0.2) is 8.78 Å². The first-order valence-corrected chi connectivity index (χ1v) is 6.43. The standard InChI is InChI=1S/C12H19F2N5O2/c1-7(2)11(15)12(21)16-4-10(20)18-8-3-17-19(5-8)6-9(13)14/h3,5,7,9,11H,4,6,15H2,1-2H3,(H,16,21)(H,18,20)/t11-/m0/s1. The van der Waals surface area contributed by atoms with Crippen LogP contribution in [0.15, 0.2) is 12.4 Å². The number of nitrogens with one attached hydrogen (secondary N) is 2. The van der Waals surface area contributed by atoms with Crippen molar-refractivity contribution in [1.82, 2.24) is 15.1 Å². The van der Waals surface area contributed by atoms with Crippen molar-refractivity contribution in [2.75, 3.05) is 11.9 Å². The van der Waals surface area contributed by atoms with Crippen LogP contribution in [0.2, 0.25) is 0 Å². The van der Waals surface area contributed by atoms with Crippen LogP contribution in [0.25, 0.3) is 0 Å². The maximum Gasteiger partial charge on any atom is 0.257 e. The SMILES string of the molecule is CC(C)[C@H](N)C(=O)NCC(=O)Nc1cnn(CC(F)F)c1.